The van der Waals surface area contributed by atoms with Crippen LogP contribution in [0.25, 0.3) is 16.0 Å². The van der Waals surface area contributed by atoms with Gasteiger partial charge in [-0.05, 0) is 58.3 Å². The lowest BCUT2D eigenvalue weighted by molar-refractivity contribution is -0.135. The third-order valence-electron chi connectivity index (χ3n) is 10.0. The fourth-order valence-electron chi connectivity index (χ4n) is 6.16. The summed E-state index contributed by atoms with van der Waals surface area (Å²) >= 11 is 6.40. The van der Waals surface area contributed by atoms with Crippen molar-refractivity contribution < 1.29 is 27.5 Å². The Hall–Kier alpha value is -4.90. The van der Waals surface area contributed by atoms with Crippen molar-refractivity contribution >= 4 is 43.6 Å². The molecule has 290 valence electrons. The van der Waals surface area contributed by atoms with Gasteiger partial charge in [-0.1, -0.05) is 120 Å². The molecule has 0 saturated carbocycles. The van der Waals surface area contributed by atoms with Crippen LogP contribution in [0.3, 0.4) is 0 Å². The van der Waals surface area contributed by atoms with E-state index in [1.165, 1.54) is 17.3 Å². The molecule has 1 aliphatic heterocycles. The largest absolute Gasteiger partial charge is 0.444 e. The van der Waals surface area contributed by atoms with Gasteiger partial charge in [0.1, 0.15) is 6.61 Å². The lowest BCUT2D eigenvalue weighted by Crippen LogP contribution is -2.51. The number of alkyl halides is 2. The van der Waals surface area contributed by atoms with Crippen LogP contribution in [-0.4, -0.2) is 47.6 Å². The van der Waals surface area contributed by atoms with Gasteiger partial charge in [-0.2, -0.15) is 13.9 Å². The summed E-state index contributed by atoms with van der Waals surface area (Å²) in [5.41, 5.74) is 1.14. The molecule has 2 heterocycles. The van der Waals surface area contributed by atoms with E-state index in [0.29, 0.717) is 26.9 Å². The molecule has 14 heteroatoms. The van der Waals surface area contributed by atoms with Crippen molar-refractivity contribution in [2.75, 3.05) is 6.61 Å². The number of rotatable bonds is 11. The maximum atomic E-state index is 15.5. The van der Waals surface area contributed by atoms with Crippen molar-refractivity contribution in [3.05, 3.63) is 118 Å². The van der Waals surface area contributed by atoms with E-state index in [-0.39, 0.29) is 41.3 Å². The zero-order valence-electron chi connectivity index (χ0n) is 32.4. The minimum atomic E-state index is -2.79. The number of carbonyl (C=O) groups excluding carboxylic acids is 2. The molecule has 0 radical (unpaired) electrons. The second kappa shape index (κ2) is 16.1. The molecule has 4 aromatic rings. The standard InChI is InChI=1S/C41H47ClF2N6O4Si/c1-39(2,3)26-41(31-18-15-28(16-19-31)30-22-46-49(23-30)36(43)44)35(51)50(37(48-41)47-38(52)53-24-27-13-11-10-12-14-27)34(25-54-55(8,9)40(4,5)6)29-17-20-32(42)33(21-29)45-7/h10-23,34,36H,24-26H2,1-6,8-9H3,(H,47,48,52)/t34-,41-/m1/s1. The van der Waals surface area contributed by atoms with E-state index in [4.69, 9.17) is 32.3 Å². The second-order valence-corrected chi connectivity index (χ2v) is 21.6. The van der Waals surface area contributed by atoms with Crippen molar-refractivity contribution in [3.8, 4) is 11.1 Å². The molecule has 1 N–H and O–H groups in total. The van der Waals surface area contributed by atoms with Gasteiger partial charge in [-0.25, -0.2) is 19.3 Å². The second-order valence-electron chi connectivity index (χ2n) is 16.4. The first-order valence-electron chi connectivity index (χ1n) is 17.9. The zero-order valence-corrected chi connectivity index (χ0v) is 34.1. The van der Waals surface area contributed by atoms with E-state index in [0.717, 1.165) is 5.56 Å². The monoisotopic (exact) mass is 788 g/mol. The van der Waals surface area contributed by atoms with Crippen LogP contribution in [0.2, 0.25) is 23.2 Å². The van der Waals surface area contributed by atoms with Crippen molar-refractivity contribution in [2.45, 2.75) is 90.8 Å². The average Bonchev–Trinajstić information content (AvgIpc) is 3.71. The van der Waals surface area contributed by atoms with Gasteiger partial charge in [0.15, 0.2) is 13.9 Å². The van der Waals surface area contributed by atoms with Crippen LogP contribution < -0.4 is 5.32 Å². The summed E-state index contributed by atoms with van der Waals surface area (Å²) in [6.07, 6.45) is 2.02. The number of aliphatic imine (C=N–C) groups is 1. The third-order valence-corrected chi connectivity index (χ3v) is 14.8. The van der Waals surface area contributed by atoms with E-state index < -0.39 is 43.9 Å². The van der Waals surface area contributed by atoms with Crippen molar-refractivity contribution in [1.29, 1.82) is 0 Å². The Balaban J connectivity index is 1.65. The lowest BCUT2D eigenvalue weighted by Gasteiger charge is -2.39. The quantitative estimate of drug-likeness (QED) is 0.120. The minimum absolute atomic E-state index is 0.0197. The normalized spacial score (nSPS) is 16.9. The molecule has 3 aromatic carbocycles. The molecular weight excluding hydrogens is 742 g/mol. The highest BCUT2D eigenvalue weighted by atomic mass is 35.5. The SMILES string of the molecule is [C-]#[N+]c1cc([C@@H](CO[Si](C)(C)C(C)(C)C)N2C(=O)[C@@](CC(C)(C)C)(c3ccc(-c4cnn(C(F)F)c4)cc3)N=C2NC(=O)OCc2ccccc2)ccc1Cl. The molecule has 0 unspecified atom stereocenters. The predicted octanol–water partition coefficient (Wildman–Crippen LogP) is 10.7. The molecule has 2 atom stereocenters. The van der Waals surface area contributed by atoms with Crippen molar-refractivity contribution in [1.82, 2.24) is 20.0 Å². The smallest absolute Gasteiger partial charge is 0.414 e. The number of guanidine groups is 1. The highest BCUT2D eigenvalue weighted by Crippen LogP contribution is 2.46. The Kier molecular flexibility index (Phi) is 12.0. The van der Waals surface area contributed by atoms with Gasteiger partial charge in [0.2, 0.25) is 11.6 Å². The Morgan fingerprint density at radius 2 is 1.69 bits per heavy atom. The van der Waals surface area contributed by atoms with Gasteiger partial charge in [-0.15, -0.1) is 0 Å². The first-order chi connectivity index (χ1) is 25.7. The molecule has 5 rings (SSSR count). The number of halogens is 3. The number of alkyl carbamates (subject to hydrolysis) is 1. The fraction of sp³-hybridized carbons (Fsp3) is 0.390. The van der Waals surface area contributed by atoms with E-state index in [1.54, 1.807) is 42.5 Å². The highest BCUT2D eigenvalue weighted by molar-refractivity contribution is 6.74. The van der Waals surface area contributed by atoms with E-state index in [2.05, 4.69) is 49.1 Å². The summed E-state index contributed by atoms with van der Waals surface area (Å²) < 4.78 is 39.6. The van der Waals surface area contributed by atoms with Crippen molar-refractivity contribution in [3.63, 3.8) is 0 Å². The Bertz CT molecular complexity index is 2090. The topological polar surface area (TPSA) is 102 Å². The van der Waals surface area contributed by atoms with Crippen LogP contribution in [0.5, 0.6) is 0 Å². The van der Waals surface area contributed by atoms with Gasteiger partial charge in [0.05, 0.1) is 25.4 Å². The van der Waals surface area contributed by atoms with Crippen LogP contribution in [0, 0.1) is 12.0 Å². The summed E-state index contributed by atoms with van der Waals surface area (Å²) in [6, 6.07) is 20.3. The van der Waals surface area contributed by atoms with Gasteiger partial charge < -0.3 is 9.16 Å². The molecule has 0 bridgehead atoms. The number of benzene rings is 3. The average molecular weight is 789 g/mol. The molecule has 2 amide bonds. The van der Waals surface area contributed by atoms with Crippen LogP contribution in [0.15, 0.2) is 90.2 Å². The van der Waals surface area contributed by atoms with Gasteiger partial charge in [0.25, 0.3) is 5.91 Å². The highest BCUT2D eigenvalue weighted by Gasteiger charge is 2.54. The van der Waals surface area contributed by atoms with E-state index >= 15 is 4.79 Å². The summed E-state index contributed by atoms with van der Waals surface area (Å²) in [5.74, 6) is -0.472. The number of aromatic nitrogens is 2. The lowest BCUT2D eigenvalue weighted by atomic mass is 9.75. The van der Waals surface area contributed by atoms with Crippen LogP contribution in [-0.2, 0) is 26.1 Å². The number of hydrogen-bond donors (Lipinski definition) is 1. The third kappa shape index (κ3) is 9.32. The maximum absolute atomic E-state index is 15.5. The van der Waals surface area contributed by atoms with Gasteiger partial charge >= 0.3 is 12.6 Å². The Morgan fingerprint density at radius 1 is 1.02 bits per heavy atom. The maximum Gasteiger partial charge on any atom is 0.414 e. The molecule has 1 aliphatic rings. The number of hydrogen-bond acceptors (Lipinski definition) is 6. The van der Waals surface area contributed by atoms with Gasteiger partial charge in [-0.3, -0.25) is 15.0 Å². The molecule has 0 aliphatic carbocycles. The fourth-order valence-corrected chi connectivity index (χ4v) is 7.32. The first kappa shape index (κ1) is 41.3. The first-order valence-corrected chi connectivity index (χ1v) is 21.2. The number of nitrogens with zero attached hydrogens (tertiary/aromatic N) is 5. The Morgan fingerprint density at radius 3 is 2.27 bits per heavy atom. The molecule has 0 fully saturated rings. The van der Waals surface area contributed by atoms with E-state index in [1.807, 2.05) is 51.1 Å². The summed E-state index contributed by atoms with van der Waals surface area (Å²) in [5, 5.41) is 6.63. The van der Waals surface area contributed by atoms with Crippen LogP contribution in [0.1, 0.15) is 77.2 Å². The predicted molar refractivity (Wildman–Crippen MR) is 212 cm³/mol. The summed E-state index contributed by atoms with van der Waals surface area (Å²) in [6.45, 7) is 21.5. The minimum Gasteiger partial charge on any atom is -0.444 e. The number of amides is 2. The molecular formula is C41H47ClF2N6O4Si. The molecule has 1 aromatic heterocycles. The molecule has 0 spiro atoms. The summed E-state index contributed by atoms with van der Waals surface area (Å²) in [4.78, 5) is 39.2. The molecule has 0 saturated heterocycles. The summed E-state index contributed by atoms with van der Waals surface area (Å²) in [7, 11) is -2.42. The zero-order chi connectivity index (χ0) is 40.3. The van der Waals surface area contributed by atoms with Crippen LogP contribution >= 0.6 is 11.6 Å². The molecule has 55 heavy (non-hydrogen) atoms. The Labute approximate surface area is 327 Å². The molecule has 10 nitrogen and oxygen atoms in total. The van der Waals surface area contributed by atoms with Crippen LogP contribution in [0.4, 0.5) is 19.3 Å². The number of carbonyl (C=O) groups is 2. The number of ether oxygens (including phenoxy) is 1. The van der Waals surface area contributed by atoms with Gasteiger partial charge in [0, 0.05) is 16.8 Å². The van der Waals surface area contributed by atoms with Crippen molar-refractivity contribution in [2.24, 2.45) is 10.4 Å². The van der Waals surface area contributed by atoms with E-state index in [9.17, 15) is 13.6 Å². The number of nitrogens with one attached hydrogen (secondary N) is 1.